The van der Waals surface area contributed by atoms with Crippen LogP contribution in [0, 0.1) is 6.92 Å². The van der Waals surface area contributed by atoms with Crippen LogP contribution in [-0.2, 0) is 14.2 Å². The number of Topliss-reactive ketones (excluding diaryl/α,β-unsaturated/α-hetero) is 5. The highest BCUT2D eigenvalue weighted by atomic mass is 16.5. The van der Waals surface area contributed by atoms with Gasteiger partial charge in [-0.3, -0.25) is 24.0 Å². The summed E-state index contributed by atoms with van der Waals surface area (Å²) in [5.74, 6) is -8.91. The van der Waals surface area contributed by atoms with E-state index in [4.69, 9.17) is 33.5 Å². The lowest BCUT2D eigenvalue weighted by Crippen LogP contribution is -2.14. The Bertz CT molecular complexity index is 4760. The molecule has 10 rings (SSSR count). The van der Waals surface area contributed by atoms with Crippen molar-refractivity contribution < 1.29 is 148 Å². The minimum atomic E-state index is -0.723. The molecule has 0 spiro atoms. The molecule has 0 aliphatic carbocycles. The second-order valence-corrected chi connectivity index (χ2v) is 22.1. The number of hydrogen-bond donors (Lipinski definition) is 15. The molecular formula is C78H70O30. The number of esters is 2. The third-order valence-electron chi connectivity index (χ3n) is 14.4. The maximum atomic E-state index is 12.1. The molecule has 0 aromatic heterocycles. The number of ether oxygens (including phenoxy) is 8. The number of hydrogen-bond acceptors (Lipinski definition) is 30. The minimum Gasteiger partial charge on any atom is -0.508 e. The number of para-hydroxylation sites is 2. The van der Waals surface area contributed by atoms with E-state index in [2.05, 4.69) is 16.1 Å². The molecule has 0 fully saturated rings. The van der Waals surface area contributed by atoms with Gasteiger partial charge in [0.05, 0.1) is 26.9 Å². The smallest absolute Gasteiger partial charge is 0.341 e. The predicted molar refractivity (Wildman–Crippen MR) is 382 cm³/mol. The van der Waals surface area contributed by atoms with Crippen molar-refractivity contribution >= 4 is 46.6 Å². The molecule has 0 saturated carbocycles. The van der Waals surface area contributed by atoms with Gasteiger partial charge >= 0.3 is 11.9 Å². The van der Waals surface area contributed by atoms with Gasteiger partial charge in [-0.1, -0.05) is 66.7 Å². The number of phenols is 15. The van der Waals surface area contributed by atoms with Crippen molar-refractivity contribution in [3.05, 3.63) is 245 Å². The lowest BCUT2D eigenvalue weighted by Gasteiger charge is -2.11. The average Bonchev–Trinajstić information content (AvgIpc) is 0.849. The molecule has 10 aromatic rings. The lowest BCUT2D eigenvalue weighted by molar-refractivity contribution is 0.0588. The Hall–Kier alpha value is -15.0. The third-order valence-corrected chi connectivity index (χ3v) is 14.4. The van der Waals surface area contributed by atoms with Crippen LogP contribution >= 0.6 is 0 Å². The van der Waals surface area contributed by atoms with E-state index < -0.39 is 118 Å². The number of ketones is 5. The summed E-state index contributed by atoms with van der Waals surface area (Å²) in [5, 5.41) is 142. The Labute approximate surface area is 613 Å². The highest BCUT2D eigenvalue weighted by Crippen LogP contribution is 2.38. The molecular weight excluding hydrogens is 1420 g/mol. The molecule has 562 valence electrons. The molecule has 10 aromatic carbocycles. The van der Waals surface area contributed by atoms with E-state index in [0.717, 1.165) is 66.2 Å². The van der Waals surface area contributed by atoms with Gasteiger partial charge in [0.25, 0.3) is 0 Å². The van der Waals surface area contributed by atoms with E-state index in [1.165, 1.54) is 57.7 Å². The molecule has 15 N–H and O–H groups in total. The Morgan fingerprint density at radius 1 is 0.287 bits per heavy atom. The van der Waals surface area contributed by atoms with Gasteiger partial charge in [-0.25, -0.2) is 9.59 Å². The zero-order valence-electron chi connectivity index (χ0n) is 57.5. The Morgan fingerprint density at radius 3 is 0.907 bits per heavy atom. The third kappa shape index (κ3) is 23.5. The fraction of sp³-hybridized carbons (Fsp3) is 0.115. The normalized spacial score (nSPS) is 10.1. The van der Waals surface area contributed by atoms with Gasteiger partial charge in [0, 0.05) is 66.2 Å². The molecule has 30 heteroatoms. The molecule has 0 aliphatic heterocycles. The molecule has 0 heterocycles. The van der Waals surface area contributed by atoms with E-state index in [-0.39, 0.29) is 81.1 Å². The molecule has 108 heavy (non-hydrogen) atoms. The summed E-state index contributed by atoms with van der Waals surface area (Å²) >= 11 is 0. The van der Waals surface area contributed by atoms with Gasteiger partial charge in [0.15, 0.2) is 33.0 Å². The standard InChI is InChI=1S/C17H16O6.2C16H14O7.C15H14O5.C14H12O5/c1-10(22-2)11-4-3-5-13(6-11)23-9-16(21)17-14(19)7-12(18)8-15(17)20;1-22-16(21)9-2-4-11(5-3-9)23-8-14(20)15-12(18)6-10(17)7-13(15)19;1-22-16(21)10-4-2-3-5-14(10)23-8-13(20)15-11(18)6-9(17)7-12(15)19;1-9-2-4-11(5-3-9)20-8-14(19)15-12(17)6-10(16)7-13(15)18;15-9-6-11(16)14(12(17)7-9)13(18)8-19-10-4-2-1-3-5-10/h3-8,18-20H,1,9H2,2H3;2*2-7,17-19H,8H2,1H3;2-7,16-18H,8H2,1H3;1-7,15-17H,8H2. The first kappa shape index (κ1) is 82.0. The molecule has 0 radical (unpaired) electrons. The summed E-state index contributed by atoms with van der Waals surface area (Å²) < 4.78 is 40.6. The highest BCUT2D eigenvalue weighted by molar-refractivity contribution is 6.05. The monoisotopic (exact) mass is 1490 g/mol. The molecule has 0 saturated heterocycles. The largest absolute Gasteiger partial charge is 0.508 e. The number of rotatable bonds is 24. The number of aryl methyl sites for hydroxylation is 1. The molecule has 0 bridgehead atoms. The Balaban J connectivity index is 0.000000212. The first-order valence-electron chi connectivity index (χ1n) is 31.2. The fourth-order valence-electron chi connectivity index (χ4n) is 9.22. The van der Waals surface area contributed by atoms with E-state index in [1.807, 2.05) is 25.1 Å². The van der Waals surface area contributed by atoms with Crippen LogP contribution in [0.2, 0.25) is 0 Å². The van der Waals surface area contributed by atoms with Gasteiger partial charge in [-0.05, 0) is 79.7 Å². The van der Waals surface area contributed by atoms with Crippen molar-refractivity contribution in [2.45, 2.75) is 6.92 Å². The van der Waals surface area contributed by atoms with Gasteiger partial charge in [0.1, 0.15) is 154 Å². The molecule has 0 aliphatic rings. The average molecular weight is 1490 g/mol. The summed E-state index contributed by atoms with van der Waals surface area (Å²) in [6.45, 7) is 3.65. The molecule has 0 amide bonds. The van der Waals surface area contributed by atoms with Gasteiger partial charge in [-0.2, -0.15) is 0 Å². The quantitative estimate of drug-likeness (QED) is 0.0152. The second-order valence-electron chi connectivity index (χ2n) is 22.1. The van der Waals surface area contributed by atoms with E-state index in [0.29, 0.717) is 39.9 Å². The van der Waals surface area contributed by atoms with Crippen LogP contribution in [0.1, 0.15) is 83.6 Å². The predicted octanol–water partition coefficient (Wildman–Crippen LogP) is 10.8. The zero-order chi connectivity index (χ0) is 79.5. The number of methoxy groups -OCH3 is 3. The van der Waals surface area contributed by atoms with Gasteiger partial charge in [-0.15, -0.1) is 0 Å². The van der Waals surface area contributed by atoms with Crippen LogP contribution in [0.5, 0.6) is 115 Å². The number of carbonyl (C=O) groups is 7. The van der Waals surface area contributed by atoms with Crippen LogP contribution in [0.3, 0.4) is 0 Å². The Kier molecular flexibility index (Phi) is 29.5. The summed E-state index contributed by atoms with van der Waals surface area (Å²) in [4.78, 5) is 82.8. The maximum absolute atomic E-state index is 12.1. The van der Waals surface area contributed by atoms with Crippen molar-refractivity contribution in [3.63, 3.8) is 0 Å². The summed E-state index contributed by atoms with van der Waals surface area (Å²) in [7, 11) is 3.98. The van der Waals surface area contributed by atoms with Crippen LogP contribution < -0.4 is 23.7 Å². The van der Waals surface area contributed by atoms with Crippen molar-refractivity contribution in [3.8, 4) is 115 Å². The van der Waals surface area contributed by atoms with Crippen LogP contribution in [0.4, 0.5) is 0 Å². The molecule has 0 unspecified atom stereocenters. The van der Waals surface area contributed by atoms with Crippen molar-refractivity contribution in [1.82, 2.24) is 0 Å². The maximum Gasteiger partial charge on any atom is 0.341 e. The summed E-state index contributed by atoms with van der Waals surface area (Å²) in [6, 6.07) is 44.3. The van der Waals surface area contributed by atoms with E-state index in [1.54, 1.807) is 72.8 Å². The van der Waals surface area contributed by atoms with Crippen molar-refractivity contribution in [1.29, 1.82) is 0 Å². The van der Waals surface area contributed by atoms with Gasteiger partial charge < -0.3 is 114 Å². The highest BCUT2D eigenvalue weighted by Gasteiger charge is 2.24. The van der Waals surface area contributed by atoms with Gasteiger partial charge in [0.2, 0.25) is 28.9 Å². The summed E-state index contributed by atoms with van der Waals surface area (Å²) in [6.07, 6.45) is 0. The summed E-state index contributed by atoms with van der Waals surface area (Å²) in [5.41, 5.74) is 0.684. The molecule has 30 nitrogen and oxygen atoms in total. The second kappa shape index (κ2) is 38.9. The van der Waals surface area contributed by atoms with Crippen LogP contribution in [-0.4, -0.2) is 172 Å². The molecule has 0 atom stereocenters. The van der Waals surface area contributed by atoms with E-state index >= 15 is 0 Å². The number of aromatic hydroxyl groups is 15. The lowest BCUT2D eigenvalue weighted by atomic mass is 10.1. The number of phenolic OH excluding ortho intramolecular Hbond substituents is 15. The first-order chi connectivity index (χ1) is 51.3. The van der Waals surface area contributed by atoms with Crippen LogP contribution in [0.15, 0.2) is 195 Å². The fourth-order valence-corrected chi connectivity index (χ4v) is 9.22. The number of carbonyl (C=O) groups excluding carboxylic acids is 7. The van der Waals surface area contributed by atoms with Crippen molar-refractivity contribution in [2.75, 3.05) is 54.4 Å². The zero-order valence-corrected chi connectivity index (χ0v) is 57.5. The minimum absolute atomic E-state index is 0.130. The van der Waals surface area contributed by atoms with Crippen molar-refractivity contribution in [2.24, 2.45) is 0 Å². The van der Waals surface area contributed by atoms with E-state index in [9.17, 15) is 105 Å². The topological polar surface area (TPSA) is 497 Å². The Morgan fingerprint density at radius 2 is 0.574 bits per heavy atom. The number of benzene rings is 10. The first-order valence-corrected chi connectivity index (χ1v) is 31.2. The van der Waals surface area contributed by atoms with Crippen LogP contribution in [0.25, 0.3) is 5.76 Å². The SMILES string of the molecule is C=C(OC)c1cccc(OCC(=O)c2c(O)cc(O)cc2O)c1.COC(=O)c1ccc(OCC(=O)c2c(O)cc(O)cc2O)cc1.COC(=O)c1ccccc1OCC(=O)c1c(O)cc(O)cc1O.Cc1ccc(OCC(=O)c2c(O)cc(O)cc2O)cc1.O=C(COc1ccccc1)c1c(O)cc(O)cc1O.